The fraction of sp³-hybridized carbons (Fsp3) is 0.238. The zero-order valence-electron chi connectivity index (χ0n) is 15.9. The minimum absolute atomic E-state index is 0.106. The third-order valence-electron chi connectivity index (χ3n) is 3.75. The first kappa shape index (κ1) is 21.5. The van der Waals surface area contributed by atoms with Gasteiger partial charge in [-0.25, -0.2) is 0 Å². The molecule has 0 saturated heterocycles. The molecular weight excluding hydrogens is 426 g/mol. The van der Waals surface area contributed by atoms with Crippen molar-refractivity contribution in [1.29, 1.82) is 0 Å². The van der Waals surface area contributed by atoms with Crippen molar-refractivity contribution in [3.05, 3.63) is 58.1 Å². The van der Waals surface area contributed by atoms with Crippen molar-refractivity contribution < 1.29 is 24.2 Å². The van der Waals surface area contributed by atoms with E-state index in [0.29, 0.717) is 28.1 Å². The van der Waals surface area contributed by atoms with Gasteiger partial charge in [-0.15, -0.1) is 0 Å². The molecule has 0 aliphatic rings. The first-order chi connectivity index (χ1) is 13.3. The second kappa shape index (κ2) is 9.94. The van der Waals surface area contributed by atoms with E-state index >= 15 is 0 Å². The first-order valence-corrected chi connectivity index (χ1v) is 9.41. The maximum Gasteiger partial charge on any atom is 0.259 e. The van der Waals surface area contributed by atoms with E-state index in [2.05, 4.69) is 15.9 Å². The first-order valence-electron chi connectivity index (χ1n) is 8.62. The van der Waals surface area contributed by atoms with Gasteiger partial charge in [0, 0.05) is 19.7 Å². The minimum Gasteiger partial charge on any atom is -0.508 e. The van der Waals surface area contributed by atoms with Crippen LogP contribution in [0.1, 0.15) is 22.8 Å². The van der Waals surface area contributed by atoms with Crippen molar-refractivity contribution in [2.24, 2.45) is 0 Å². The summed E-state index contributed by atoms with van der Waals surface area (Å²) in [6, 6.07) is 9.56. The number of phenols is 1. The predicted octanol–water partition coefficient (Wildman–Crippen LogP) is 3.92. The smallest absolute Gasteiger partial charge is 0.259 e. The Balaban J connectivity index is 2.22. The van der Waals surface area contributed by atoms with Crippen LogP contribution in [0.3, 0.4) is 0 Å². The zero-order valence-corrected chi connectivity index (χ0v) is 17.5. The Bertz CT molecular complexity index is 875. The van der Waals surface area contributed by atoms with Gasteiger partial charge in [0.2, 0.25) is 0 Å². The molecule has 0 heterocycles. The van der Waals surface area contributed by atoms with Crippen molar-refractivity contribution >= 4 is 33.7 Å². The number of hydrogen-bond acceptors (Lipinski definition) is 5. The third-order valence-corrected chi connectivity index (χ3v) is 4.34. The quantitative estimate of drug-likeness (QED) is 0.490. The molecule has 0 aromatic heterocycles. The van der Waals surface area contributed by atoms with Gasteiger partial charge in [-0.3, -0.25) is 9.59 Å². The van der Waals surface area contributed by atoms with Crippen molar-refractivity contribution in [2.45, 2.75) is 6.92 Å². The molecule has 2 rings (SSSR count). The maximum atomic E-state index is 12.3. The van der Waals surface area contributed by atoms with E-state index in [0.717, 1.165) is 5.56 Å². The molecule has 0 aliphatic heterocycles. The van der Waals surface area contributed by atoms with E-state index in [1.165, 1.54) is 23.1 Å². The Labute approximate surface area is 172 Å². The third kappa shape index (κ3) is 5.85. The summed E-state index contributed by atoms with van der Waals surface area (Å²) < 4.78 is 11.9. The highest BCUT2D eigenvalue weighted by Crippen LogP contribution is 2.37. The largest absolute Gasteiger partial charge is 0.508 e. The molecular formula is C21H22BrNO5. The molecule has 2 aromatic rings. The summed E-state index contributed by atoms with van der Waals surface area (Å²) in [6.07, 6.45) is 3.11. The van der Waals surface area contributed by atoms with E-state index < -0.39 is 0 Å². The van der Waals surface area contributed by atoms with Gasteiger partial charge in [0.15, 0.2) is 23.9 Å². The van der Waals surface area contributed by atoms with Crippen LogP contribution in [-0.4, -0.2) is 49.0 Å². The van der Waals surface area contributed by atoms with Crippen molar-refractivity contribution in [2.75, 3.05) is 27.3 Å². The Morgan fingerprint density at radius 3 is 2.43 bits per heavy atom. The molecule has 2 aromatic carbocycles. The highest BCUT2D eigenvalue weighted by Gasteiger charge is 2.14. The molecule has 0 saturated carbocycles. The molecule has 1 N–H and O–H groups in total. The average Bonchev–Trinajstić information content (AvgIpc) is 2.66. The Morgan fingerprint density at radius 1 is 1.14 bits per heavy atom. The average molecular weight is 448 g/mol. The Hall–Kier alpha value is -2.80. The predicted molar refractivity (Wildman–Crippen MR) is 111 cm³/mol. The van der Waals surface area contributed by atoms with Crippen LogP contribution in [0.5, 0.6) is 17.2 Å². The van der Waals surface area contributed by atoms with Crippen LogP contribution >= 0.6 is 15.9 Å². The number of rotatable bonds is 8. The lowest BCUT2D eigenvalue weighted by Gasteiger charge is -2.16. The molecule has 1 amide bonds. The van der Waals surface area contributed by atoms with Gasteiger partial charge in [-0.2, -0.15) is 0 Å². The van der Waals surface area contributed by atoms with Gasteiger partial charge in [0.05, 0.1) is 11.1 Å². The van der Waals surface area contributed by atoms with Gasteiger partial charge < -0.3 is 19.5 Å². The molecule has 0 fully saturated rings. The normalized spacial score (nSPS) is 10.7. The monoisotopic (exact) mass is 447 g/mol. The standard InChI is InChI=1S/C21H22BrNO5/c1-4-27-19-12-14(5-10-18(25)15-6-8-16(24)9-7-15)11-17(22)21(19)28-13-20(26)23(2)3/h5-12,24H,4,13H2,1-3H3/b10-5-. The maximum absolute atomic E-state index is 12.3. The lowest BCUT2D eigenvalue weighted by molar-refractivity contribution is -0.130. The molecule has 0 atom stereocenters. The number of allylic oxidation sites excluding steroid dienone is 1. The van der Waals surface area contributed by atoms with Crippen molar-refractivity contribution in [1.82, 2.24) is 4.90 Å². The lowest BCUT2D eigenvalue weighted by Crippen LogP contribution is -2.27. The van der Waals surface area contributed by atoms with E-state index in [-0.39, 0.29) is 24.0 Å². The molecule has 0 aliphatic carbocycles. The molecule has 148 valence electrons. The van der Waals surface area contributed by atoms with Crippen molar-refractivity contribution in [3.8, 4) is 17.2 Å². The van der Waals surface area contributed by atoms with E-state index in [1.807, 2.05) is 6.92 Å². The molecule has 6 nitrogen and oxygen atoms in total. The second-order valence-corrected chi connectivity index (χ2v) is 6.94. The number of carbonyl (C=O) groups is 2. The Kier molecular flexibility index (Phi) is 7.63. The topological polar surface area (TPSA) is 76.1 Å². The van der Waals surface area contributed by atoms with E-state index in [9.17, 15) is 14.7 Å². The molecule has 0 spiro atoms. The summed E-state index contributed by atoms with van der Waals surface area (Å²) in [5.74, 6) is 0.650. The fourth-order valence-corrected chi connectivity index (χ4v) is 2.82. The molecule has 0 bridgehead atoms. The molecule has 7 heteroatoms. The van der Waals surface area contributed by atoms with Gasteiger partial charge >= 0.3 is 0 Å². The number of halogens is 1. The van der Waals surface area contributed by atoms with Gasteiger partial charge in [-0.1, -0.05) is 6.08 Å². The fourth-order valence-electron chi connectivity index (χ4n) is 2.24. The number of phenolic OH excluding ortho intramolecular Hbond substituents is 1. The van der Waals surface area contributed by atoms with Gasteiger partial charge in [0.1, 0.15) is 5.75 Å². The van der Waals surface area contributed by atoms with Crippen LogP contribution < -0.4 is 9.47 Å². The van der Waals surface area contributed by atoms with Gasteiger partial charge in [0.25, 0.3) is 5.91 Å². The van der Waals surface area contributed by atoms with Crippen LogP contribution in [0.2, 0.25) is 0 Å². The van der Waals surface area contributed by atoms with E-state index in [4.69, 9.17) is 9.47 Å². The molecule has 0 radical (unpaired) electrons. The number of likely N-dealkylation sites (N-methyl/N-ethyl adjacent to an activating group) is 1. The second-order valence-electron chi connectivity index (χ2n) is 6.08. The Morgan fingerprint density at radius 2 is 1.82 bits per heavy atom. The zero-order chi connectivity index (χ0) is 20.7. The SMILES string of the molecule is CCOc1cc(/C=C\C(=O)c2ccc(O)cc2)cc(Br)c1OCC(=O)N(C)C. The summed E-state index contributed by atoms with van der Waals surface area (Å²) >= 11 is 3.44. The number of benzene rings is 2. The number of amides is 1. The minimum atomic E-state index is -0.189. The summed E-state index contributed by atoms with van der Waals surface area (Å²) in [6.45, 7) is 2.16. The van der Waals surface area contributed by atoms with Gasteiger partial charge in [-0.05, 0) is 70.9 Å². The van der Waals surface area contributed by atoms with Crippen LogP contribution in [0, 0.1) is 0 Å². The lowest BCUT2D eigenvalue weighted by atomic mass is 10.1. The highest BCUT2D eigenvalue weighted by atomic mass is 79.9. The summed E-state index contributed by atoms with van der Waals surface area (Å²) in [5, 5.41) is 9.31. The van der Waals surface area contributed by atoms with Crippen LogP contribution in [0.4, 0.5) is 0 Å². The van der Waals surface area contributed by atoms with Crippen LogP contribution in [-0.2, 0) is 4.79 Å². The van der Waals surface area contributed by atoms with Crippen LogP contribution in [0.15, 0.2) is 46.9 Å². The summed E-state index contributed by atoms with van der Waals surface area (Å²) in [5.41, 5.74) is 1.20. The van der Waals surface area contributed by atoms with Crippen LogP contribution in [0.25, 0.3) is 6.08 Å². The number of hydrogen-bond donors (Lipinski definition) is 1. The van der Waals surface area contributed by atoms with Crippen molar-refractivity contribution in [3.63, 3.8) is 0 Å². The number of aromatic hydroxyl groups is 1. The van der Waals surface area contributed by atoms with E-state index in [1.54, 1.807) is 44.4 Å². The highest BCUT2D eigenvalue weighted by molar-refractivity contribution is 9.10. The number of ketones is 1. The summed E-state index contributed by atoms with van der Waals surface area (Å²) in [4.78, 5) is 25.5. The number of carbonyl (C=O) groups excluding carboxylic acids is 2. The molecule has 28 heavy (non-hydrogen) atoms. The molecule has 0 unspecified atom stereocenters. The summed E-state index contributed by atoms with van der Waals surface area (Å²) in [7, 11) is 3.31. The number of nitrogens with zero attached hydrogens (tertiary/aromatic N) is 1. The number of ether oxygens (including phenoxy) is 2.